The largest absolute Gasteiger partial charge is 0.416 e. The molecule has 3 nitrogen and oxygen atoms in total. The highest BCUT2D eigenvalue weighted by molar-refractivity contribution is 6.42. The first kappa shape index (κ1) is 30.5. The Morgan fingerprint density at radius 1 is 0.825 bits per heavy atom. The minimum atomic E-state index is -5.01. The minimum Gasteiger partial charge on any atom is -0.367 e. The molecule has 1 saturated heterocycles. The summed E-state index contributed by atoms with van der Waals surface area (Å²) in [4.78, 5) is 14.7. The van der Waals surface area contributed by atoms with Crippen molar-refractivity contribution in [2.75, 3.05) is 19.7 Å². The number of morpholine rings is 1. The molecule has 3 aromatic rings. The van der Waals surface area contributed by atoms with E-state index in [-0.39, 0.29) is 36.3 Å². The van der Waals surface area contributed by atoms with Gasteiger partial charge in [0.15, 0.2) is 0 Å². The summed E-state index contributed by atoms with van der Waals surface area (Å²) in [5, 5.41) is 1.14. The predicted molar refractivity (Wildman–Crippen MR) is 141 cm³/mol. The van der Waals surface area contributed by atoms with Crippen molar-refractivity contribution in [3.63, 3.8) is 0 Å². The number of amides is 1. The van der Waals surface area contributed by atoms with E-state index in [1.165, 1.54) is 4.90 Å². The standard InChI is InChI=1S/C28H22Cl3F6NO2/c29-22-4-1-17(2-5-22)7-8-26(19-3-6-23(30)24(31)15-19)16-38(9-10-40-26)25(39)13-18-11-20(27(32,33)34)14-21(12-18)28(35,36)37/h1-6,11-12,14-15H,7-10,13,16H2/t26-/m0/s1. The van der Waals surface area contributed by atoms with Gasteiger partial charge >= 0.3 is 12.4 Å². The molecule has 0 saturated carbocycles. The van der Waals surface area contributed by atoms with Crippen LogP contribution in [0.2, 0.25) is 15.1 Å². The van der Waals surface area contributed by atoms with E-state index in [1.807, 2.05) is 12.1 Å². The summed E-state index contributed by atoms with van der Waals surface area (Å²) in [6, 6.07) is 13.3. The molecule has 1 fully saturated rings. The summed E-state index contributed by atoms with van der Waals surface area (Å²) in [6.45, 7) is 0.194. The first-order chi connectivity index (χ1) is 18.7. The van der Waals surface area contributed by atoms with Crippen LogP contribution in [0.1, 0.15) is 34.2 Å². The normalized spacial score (nSPS) is 18.2. The molecule has 0 spiro atoms. The summed E-state index contributed by atoms with van der Waals surface area (Å²) in [6.07, 6.45) is -9.77. The van der Waals surface area contributed by atoms with E-state index < -0.39 is 41.4 Å². The van der Waals surface area contributed by atoms with Crippen molar-refractivity contribution >= 4 is 40.7 Å². The molecule has 214 valence electrons. The van der Waals surface area contributed by atoms with E-state index in [9.17, 15) is 31.1 Å². The summed E-state index contributed by atoms with van der Waals surface area (Å²) in [5.41, 5.74) is -2.82. The number of benzene rings is 3. The first-order valence-corrected chi connectivity index (χ1v) is 13.2. The molecule has 4 rings (SSSR count). The van der Waals surface area contributed by atoms with E-state index in [2.05, 4.69) is 0 Å². The van der Waals surface area contributed by atoms with Crippen LogP contribution in [0, 0.1) is 0 Å². The van der Waals surface area contributed by atoms with Crippen molar-refractivity contribution in [1.29, 1.82) is 0 Å². The molecule has 1 heterocycles. The molecule has 1 aliphatic rings. The molecule has 0 aliphatic carbocycles. The lowest BCUT2D eigenvalue weighted by molar-refractivity contribution is -0.153. The van der Waals surface area contributed by atoms with E-state index >= 15 is 0 Å². The van der Waals surface area contributed by atoms with Crippen molar-refractivity contribution in [3.8, 4) is 0 Å². The Morgan fingerprint density at radius 2 is 1.45 bits per heavy atom. The number of nitrogens with zero attached hydrogens (tertiary/aromatic N) is 1. The Balaban J connectivity index is 1.63. The molecule has 3 aromatic carbocycles. The zero-order chi connectivity index (χ0) is 29.3. The SMILES string of the molecule is O=C(Cc1cc(C(F)(F)F)cc(C(F)(F)F)c1)N1CCO[C@](CCc2ccc(Cl)cc2)(c2ccc(Cl)c(Cl)c2)C1. The van der Waals surface area contributed by atoms with Gasteiger partial charge in [0, 0.05) is 11.6 Å². The Kier molecular flexibility index (Phi) is 9.00. The lowest BCUT2D eigenvalue weighted by Crippen LogP contribution is -2.52. The second-order valence-corrected chi connectivity index (χ2v) is 10.8. The number of carbonyl (C=O) groups is 1. The van der Waals surface area contributed by atoms with E-state index in [0.717, 1.165) is 5.56 Å². The van der Waals surface area contributed by atoms with Gasteiger partial charge in [0.05, 0.1) is 40.7 Å². The second-order valence-electron chi connectivity index (χ2n) is 9.50. The van der Waals surface area contributed by atoms with Gasteiger partial charge in [-0.1, -0.05) is 53.0 Å². The van der Waals surface area contributed by atoms with Gasteiger partial charge in [-0.05, 0) is 72.0 Å². The third-order valence-corrected chi connectivity index (χ3v) is 7.71. The zero-order valence-corrected chi connectivity index (χ0v) is 22.9. The molecule has 12 heteroatoms. The van der Waals surface area contributed by atoms with Crippen molar-refractivity contribution in [1.82, 2.24) is 4.90 Å². The first-order valence-electron chi connectivity index (χ1n) is 12.1. The van der Waals surface area contributed by atoms with Gasteiger partial charge in [-0.25, -0.2) is 0 Å². The van der Waals surface area contributed by atoms with E-state index in [0.29, 0.717) is 40.6 Å². The van der Waals surface area contributed by atoms with Crippen LogP contribution in [-0.2, 0) is 40.3 Å². The van der Waals surface area contributed by atoms with Gasteiger partial charge in [0.2, 0.25) is 5.91 Å². The smallest absolute Gasteiger partial charge is 0.367 e. The molecule has 0 N–H and O–H groups in total. The maximum Gasteiger partial charge on any atom is 0.416 e. The van der Waals surface area contributed by atoms with Crippen LogP contribution in [-0.4, -0.2) is 30.5 Å². The molecule has 1 atom stereocenters. The van der Waals surface area contributed by atoms with Crippen LogP contribution in [0.4, 0.5) is 26.3 Å². The van der Waals surface area contributed by atoms with Gasteiger partial charge < -0.3 is 9.64 Å². The quantitative estimate of drug-likeness (QED) is 0.257. The molecule has 0 aromatic heterocycles. The van der Waals surface area contributed by atoms with Gasteiger partial charge in [0.25, 0.3) is 0 Å². The lowest BCUT2D eigenvalue weighted by Gasteiger charge is -2.43. The maximum absolute atomic E-state index is 13.3. The van der Waals surface area contributed by atoms with Crippen LogP contribution in [0.25, 0.3) is 0 Å². The fourth-order valence-electron chi connectivity index (χ4n) is 4.65. The molecule has 40 heavy (non-hydrogen) atoms. The summed E-state index contributed by atoms with van der Waals surface area (Å²) in [7, 11) is 0. The minimum absolute atomic E-state index is 0.00245. The summed E-state index contributed by atoms with van der Waals surface area (Å²) in [5.74, 6) is -0.633. The van der Waals surface area contributed by atoms with Crippen molar-refractivity contribution < 1.29 is 35.9 Å². The highest BCUT2D eigenvalue weighted by atomic mass is 35.5. The topological polar surface area (TPSA) is 29.5 Å². The summed E-state index contributed by atoms with van der Waals surface area (Å²) >= 11 is 18.4. The number of hydrogen-bond donors (Lipinski definition) is 0. The highest BCUT2D eigenvalue weighted by Gasteiger charge is 2.41. The second kappa shape index (κ2) is 11.8. The molecule has 1 aliphatic heterocycles. The van der Waals surface area contributed by atoms with Crippen LogP contribution in [0.5, 0.6) is 0 Å². The van der Waals surface area contributed by atoms with Gasteiger partial charge in [-0.3, -0.25) is 4.79 Å². The molecule has 0 radical (unpaired) electrons. The average Bonchev–Trinajstić information content (AvgIpc) is 2.89. The van der Waals surface area contributed by atoms with Crippen LogP contribution in [0.15, 0.2) is 60.7 Å². The fourth-order valence-corrected chi connectivity index (χ4v) is 5.08. The highest BCUT2D eigenvalue weighted by Crippen LogP contribution is 2.39. The number of alkyl halides is 6. The Labute approximate surface area is 241 Å². The van der Waals surface area contributed by atoms with Crippen molar-refractivity contribution in [2.45, 2.75) is 37.2 Å². The average molecular weight is 625 g/mol. The zero-order valence-electron chi connectivity index (χ0n) is 20.7. The Morgan fingerprint density at radius 3 is 2.02 bits per heavy atom. The maximum atomic E-state index is 13.3. The number of rotatable bonds is 6. The monoisotopic (exact) mass is 623 g/mol. The van der Waals surface area contributed by atoms with Crippen LogP contribution in [0.3, 0.4) is 0 Å². The van der Waals surface area contributed by atoms with E-state index in [4.69, 9.17) is 39.5 Å². The number of hydrogen-bond acceptors (Lipinski definition) is 2. The number of carbonyl (C=O) groups excluding carboxylic acids is 1. The van der Waals surface area contributed by atoms with Gasteiger partial charge in [0.1, 0.15) is 5.60 Å². The third kappa shape index (κ3) is 7.24. The van der Waals surface area contributed by atoms with Gasteiger partial charge in [-0.2, -0.15) is 26.3 Å². The predicted octanol–water partition coefficient (Wildman–Crippen LogP) is 8.61. The van der Waals surface area contributed by atoms with Crippen molar-refractivity contribution in [2.24, 2.45) is 0 Å². The van der Waals surface area contributed by atoms with Gasteiger partial charge in [-0.15, -0.1) is 0 Å². The Bertz CT molecular complexity index is 1350. The lowest BCUT2D eigenvalue weighted by atomic mass is 9.85. The van der Waals surface area contributed by atoms with Crippen LogP contribution >= 0.6 is 34.8 Å². The fraction of sp³-hybridized carbons (Fsp3) is 0.321. The molecular formula is C28H22Cl3F6NO2. The Hall–Kier alpha value is -2.46. The van der Waals surface area contributed by atoms with E-state index in [1.54, 1.807) is 30.3 Å². The number of halogens is 9. The molecule has 1 amide bonds. The molecular weight excluding hydrogens is 603 g/mol. The summed E-state index contributed by atoms with van der Waals surface area (Å²) < 4.78 is 86.1. The number of ether oxygens (including phenoxy) is 1. The number of aryl methyl sites for hydroxylation is 1. The third-order valence-electron chi connectivity index (χ3n) is 6.72. The van der Waals surface area contributed by atoms with Crippen LogP contribution < -0.4 is 0 Å². The van der Waals surface area contributed by atoms with Crippen molar-refractivity contribution in [3.05, 3.63) is 104 Å². The molecule has 0 bridgehead atoms. The molecule has 0 unspecified atom stereocenters.